The number of rotatable bonds is 5. The van der Waals surface area contributed by atoms with Crippen LogP contribution in [0.2, 0.25) is 10.0 Å². The van der Waals surface area contributed by atoms with Crippen LogP contribution in [0.4, 0.5) is 5.69 Å². The predicted octanol–water partition coefficient (Wildman–Crippen LogP) is 4.67. The van der Waals surface area contributed by atoms with Crippen LogP contribution in [-0.2, 0) is 6.54 Å². The number of phenols is 1. The van der Waals surface area contributed by atoms with Gasteiger partial charge in [-0.2, -0.15) is 4.98 Å². The zero-order chi connectivity index (χ0) is 21.1. The number of aromatic nitrogens is 2. The van der Waals surface area contributed by atoms with E-state index in [1.165, 1.54) is 37.1 Å². The van der Waals surface area contributed by atoms with Gasteiger partial charge in [0.15, 0.2) is 5.75 Å². The van der Waals surface area contributed by atoms with Crippen molar-refractivity contribution >= 4 is 34.8 Å². The minimum atomic E-state index is -0.454. The normalized spacial score (nSPS) is 14.0. The zero-order valence-corrected chi connectivity index (χ0v) is 17.6. The maximum Gasteiger partial charge on any atom is 0.292 e. The van der Waals surface area contributed by atoms with E-state index in [-0.39, 0.29) is 27.5 Å². The number of piperidine rings is 1. The lowest BCUT2D eigenvalue weighted by Crippen LogP contribution is -2.29. The van der Waals surface area contributed by atoms with E-state index in [1.807, 2.05) is 12.1 Å². The van der Waals surface area contributed by atoms with E-state index < -0.39 is 5.91 Å². The number of hydrogen-bond donors (Lipinski definition) is 2. The van der Waals surface area contributed by atoms with E-state index >= 15 is 0 Å². The number of nitrogens with zero attached hydrogens (tertiary/aromatic N) is 3. The molecule has 1 aliphatic heterocycles. The van der Waals surface area contributed by atoms with Gasteiger partial charge in [0.05, 0.1) is 10.0 Å². The van der Waals surface area contributed by atoms with Gasteiger partial charge in [0, 0.05) is 30.9 Å². The van der Waals surface area contributed by atoms with Crippen LogP contribution >= 0.6 is 23.2 Å². The molecule has 1 aliphatic rings. The molecule has 0 aliphatic carbocycles. The number of hydrogen-bond acceptors (Lipinski definition) is 6. The number of benzene rings is 2. The number of anilines is 1. The van der Waals surface area contributed by atoms with E-state index in [2.05, 4.69) is 32.5 Å². The van der Waals surface area contributed by atoms with Crippen molar-refractivity contribution in [1.29, 1.82) is 0 Å². The van der Waals surface area contributed by atoms with Crippen molar-refractivity contribution in [3.8, 4) is 17.2 Å². The molecule has 1 amide bonds. The molecule has 156 valence electrons. The van der Waals surface area contributed by atoms with Crippen LogP contribution in [0.5, 0.6) is 5.75 Å². The molecular formula is C21H20Cl2N4O3. The average molecular weight is 447 g/mol. The topological polar surface area (TPSA) is 91.5 Å². The lowest BCUT2D eigenvalue weighted by molar-refractivity contribution is 0.0937. The summed E-state index contributed by atoms with van der Waals surface area (Å²) in [5, 5.41) is 16.3. The fourth-order valence-electron chi connectivity index (χ4n) is 3.40. The van der Waals surface area contributed by atoms with Gasteiger partial charge in [-0.25, -0.2) is 0 Å². The van der Waals surface area contributed by atoms with Crippen molar-refractivity contribution in [1.82, 2.24) is 15.5 Å². The minimum absolute atomic E-state index is 0.0512. The predicted molar refractivity (Wildman–Crippen MR) is 115 cm³/mol. The van der Waals surface area contributed by atoms with Crippen molar-refractivity contribution in [2.45, 2.75) is 25.8 Å². The third kappa shape index (κ3) is 4.52. The highest BCUT2D eigenvalue weighted by molar-refractivity contribution is 6.37. The van der Waals surface area contributed by atoms with E-state index in [0.717, 1.165) is 18.7 Å². The van der Waals surface area contributed by atoms with Gasteiger partial charge >= 0.3 is 0 Å². The van der Waals surface area contributed by atoms with Gasteiger partial charge in [0.25, 0.3) is 17.6 Å². The average Bonchev–Trinajstić information content (AvgIpc) is 3.27. The Bertz CT molecular complexity index is 1040. The minimum Gasteiger partial charge on any atom is -0.505 e. The van der Waals surface area contributed by atoms with Gasteiger partial charge in [-0.3, -0.25) is 4.79 Å². The summed E-state index contributed by atoms with van der Waals surface area (Å²) in [7, 11) is 0. The van der Waals surface area contributed by atoms with Gasteiger partial charge < -0.3 is 19.8 Å². The highest BCUT2D eigenvalue weighted by Gasteiger charge is 2.18. The van der Waals surface area contributed by atoms with Crippen molar-refractivity contribution in [2.24, 2.45) is 0 Å². The number of carbonyl (C=O) groups is 1. The number of aromatic hydroxyl groups is 1. The van der Waals surface area contributed by atoms with Crippen LogP contribution in [0.1, 0.15) is 35.4 Å². The molecule has 30 heavy (non-hydrogen) atoms. The molecule has 3 aromatic rings. The Morgan fingerprint density at radius 2 is 1.87 bits per heavy atom. The maximum atomic E-state index is 12.4. The Morgan fingerprint density at radius 1 is 1.13 bits per heavy atom. The summed E-state index contributed by atoms with van der Waals surface area (Å²) < 4.78 is 5.14. The monoisotopic (exact) mass is 446 g/mol. The molecule has 1 fully saturated rings. The van der Waals surface area contributed by atoms with Crippen LogP contribution < -0.4 is 10.2 Å². The Morgan fingerprint density at radius 3 is 2.60 bits per heavy atom. The van der Waals surface area contributed by atoms with E-state index in [9.17, 15) is 9.90 Å². The summed E-state index contributed by atoms with van der Waals surface area (Å²) in [5.74, 6) is -0.704. The highest BCUT2D eigenvalue weighted by Crippen LogP contribution is 2.35. The van der Waals surface area contributed by atoms with E-state index in [1.54, 1.807) is 0 Å². The quantitative estimate of drug-likeness (QED) is 0.591. The molecule has 0 radical (unpaired) electrons. The molecule has 0 bridgehead atoms. The first-order chi connectivity index (χ1) is 14.5. The fourth-order valence-corrected chi connectivity index (χ4v) is 3.89. The Balaban J connectivity index is 1.42. The second-order valence-corrected chi connectivity index (χ2v) is 7.93. The van der Waals surface area contributed by atoms with Gasteiger partial charge in [0.2, 0.25) is 0 Å². The SMILES string of the molecule is O=C(NCc1cccc(N2CCCCC2)c1)c1noc(-c2cc(Cl)c(O)c(Cl)c2)n1. The Kier molecular flexibility index (Phi) is 6.11. The van der Waals surface area contributed by atoms with Crippen molar-refractivity contribution in [2.75, 3.05) is 18.0 Å². The fraction of sp³-hybridized carbons (Fsp3) is 0.286. The Hall–Kier alpha value is -2.77. The largest absolute Gasteiger partial charge is 0.505 e. The molecule has 2 N–H and O–H groups in total. The molecule has 9 heteroatoms. The number of amides is 1. The summed E-state index contributed by atoms with van der Waals surface area (Å²) >= 11 is 11.8. The second kappa shape index (κ2) is 8.93. The van der Waals surface area contributed by atoms with Crippen LogP contribution in [-0.4, -0.2) is 34.2 Å². The molecule has 4 rings (SSSR count). The van der Waals surface area contributed by atoms with Gasteiger partial charge in [-0.05, 0) is 49.1 Å². The van der Waals surface area contributed by atoms with Crippen LogP contribution in [0.3, 0.4) is 0 Å². The van der Waals surface area contributed by atoms with Gasteiger partial charge in [0.1, 0.15) is 0 Å². The summed E-state index contributed by atoms with van der Waals surface area (Å²) in [6.07, 6.45) is 3.69. The molecule has 2 heterocycles. The van der Waals surface area contributed by atoms with Crippen LogP contribution in [0.25, 0.3) is 11.5 Å². The van der Waals surface area contributed by atoms with Crippen molar-refractivity contribution in [3.05, 3.63) is 57.8 Å². The van der Waals surface area contributed by atoms with Crippen LogP contribution in [0.15, 0.2) is 40.9 Å². The lowest BCUT2D eigenvalue weighted by atomic mass is 10.1. The van der Waals surface area contributed by atoms with Crippen molar-refractivity contribution in [3.63, 3.8) is 0 Å². The highest BCUT2D eigenvalue weighted by atomic mass is 35.5. The first-order valence-electron chi connectivity index (χ1n) is 9.65. The van der Waals surface area contributed by atoms with Gasteiger partial charge in [-0.1, -0.05) is 40.5 Å². The summed E-state index contributed by atoms with van der Waals surface area (Å²) in [5.41, 5.74) is 2.57. The number of phenolic OH excluding ortho intramolecular Hbond substituents is 1. The number of halogens is 2. The van der Waals surface area contributed by atoms with Crippen molar-refractivity contribution < 1.29 is 14.4 Å². The molecule has 1 saturated heterocycles. The third-order valence-corrected chi connectivity index (χ3v) is 5.55. The Labute approximate surface area is 183 Å². The molecule has 0 unspecified atom stereocenters. The number of nitrogens with one attached hydrogen (secondary N) is 1. The standard InChI is InChI=1S/C21H20Cl2N4O3/c22-16-10-14(11-17(23)18(16)28)21-25-19(26-30-21)20(29)24-12-13-5-4-6-15(9-13)27-7-2-1-3-8-27/h4-6,9-11,28H,1-3,7-8,12H2,(H,24,29). The molecule has 1 aromatic heterocycles. The maximum absolute atomic E-state index is 12.4. The molecule has 2 aromatic carbocycles. The molecule has 7 nitrogen and oxygen atoms in total. The van der Waals surface area contributed by atoms with E-state index in [4.69, 9.17) is 27.7 Å². The summed E-state index contributed by atoms with van der Waals surface area (Å²) in [6, 6.07) is 11.0. The number of carbonyl (C=O) groups excluding carboxylic acids is 1. The second-order valence-electron chi connectivity index (χ2n) is 7.11. The molecule has 0 spiro atoms. The first-order valence-corrected chi connectivity index (χ1v) is 10.4. The molecular weight excluding hydrogens is 427 g/mol. The summed E-state index contributed by atoms with van der Waals surface area (Å²) in [4.78, 5) is 18.9. The lowest BCUT2D eigenvalue weighted by Gasteiger charge is -2.29. The van der Waals surface area contributed by atoms with Crippen LogP contribution in [0, 0.1) is 0 Å². The smallest absolute Gasteiger partial charge is 0.292 e. The molecule has 0 saturated carbocycles. The third-order valence-electron chi connectivity index (χ3n) is 4.98. The zero-order valence-electron chi connectivity index (χ0n) is 16.1. The molecule has 0 atom stereocenters. The van der Waals surface area contributed by atoms with E-state index in [0.29, 0.717) is 12.1 Å². The van der Waals surface area contributed by atoms with Gasteiger partial charge in [-0.15, -0.1) is 0 Å². The first kappa shape index (κ1) is 20.5. The summed E-state index contributed by atoms with van der Waals surface area (Å²) in [6.45, 7) is 2.47.